The average Bonchev–Trinajstić information content (AvgIpc) is 2.94. The molecule has 2 rings (SSSR count). The van der Waals surface area contributed by atoms with E-state index < -0.39 is 35.2 Å². The van der Waals surface area contributed by atoms with E-state index >= 15 is 0 Å². The van der Waals surface area contributed by atoms with Crippen molar-refractivity contribution in [3.63, 3.8) is 0 Å². The Hall–Kier alpha value is -2.69. The molecule has 1 aromatic carbocycles. The Kier molecular flexibility index (Phi) is 5.91. The van der Waals surface area contributed by atoms with Gasteiger partial charge in [-0.1, -0.05) is 23.9 Å². The standard InChI is InChI=1S/C14H17N3O7S/c1-8(7-24-17(21)22)16(14(19)20)12-11(25-13(18)15-12)9-3-5-10(23-2)6-4-9/h3-6,8,11-12H,7H2,1-2H3,(H,15,18)(H,19,20). The van der Waals surface area contributed by atoms with Gasteiger partial charge in [0.15, 0.2) is 0 Å². The quantitative estimate of drug-likeness (QED) is 0.550. The summed E-state index contributed by atoms with van der Waals surface area (Å²) in [6.45, 7) is 1.03. The van der Waals surface area contributed by atoms with Crippen molar-refractivity contribution < 1.29 is 29.4 Å². The molecule has 1 saturated heterocycles. The van der Waals surface area contributed by atoms with Crippen molar-refractivity contribution in [3.05, 3.63) is 39.9 Å². The van der Waals surface area contributed by atoms with Gasteiger partial charge in [-0.15, -0.1) is 10.1 Å². The maximum atomic E-state index is 11.8. The minimum absolute atomic E-state index is 0.375. The lowest BCUT2D eigenvalue weighted by Crippen LogP contribution is -2.53. The van der Waals surface area contributed by atoms with Gasteiger partial charge in [0.1, 0.15) is 18.5 Å². The molecule has 1 fully saturated rings. The summed E-state index contributed by atoms with van der Waals surface area (Å²) in [4.78, 5) is 39.1. The number of hydrogen-bond acceptors (Lipinski definition) is 7. The largest absolute Gasteiger partial charge is 0.497 e. The second-order valence-corrected chi connectivity index (χ2v) is 6.36. The van der Waals surface area contributed by atoms with E-state index in [0.29, 0.717) is 5.75 Å². The SMILES string of the molecule is COc1ccc(C2SC(=O)NC2N(C(=O)O)C(C)CO[N+](=O)[O-])cc1. The molecule has 2 N–H and O–H groups in total. The van der Waals surface area contributed by atoms with Gasteiger partial charge in [0.05, 0.1) is 18.4 Å². The van der Waals surface area contributed by atoms with Gasteiger partial charge in [0.25, 0.3) is 10.3 Å². The average molecular weight is 371 g/mol. The minimum Gasteiger partial charge on any atom is -0.497 e. The lowest BCUT2D eigenvalue weighted by molar-refractivity contribution is -0.758. The number of ether oxygens (including phenoxy) is 1. The molecule has 136 valence electrons. The molecule has 1 aliphatic rings. The van der Waals surface area contributed by atoms with Crippen molar-refractivity contribution in [2.24, 2.45) is 0 Å². The van der Waals surface area contributed by atoms with Crippen LogP contribution in [-0.4, -0.2) is 52.3 Å². The van der Waals surface area contributed by atoms with Crippen molar-refractivity contribution in [2.75, 3.05) is 13.7 Å². The molecular weight excluding hydrogens is 354 g/mol. The van der Waals surface area contributed by atoms with E-state index in [1.54, 1.807) is 24.3 Å². The lowest BCUT2D eigenvalue weighted by Gasteiger charge is -2.34. The van der Waals surface area contributed by atoms with E-state index in [1.165, 1.54) is 14.0 Å². The third kappa shape index (κ3) is 4.44. The van der Waals surface area contributed by atoms with Crippen LogP contribution in [0, 0.1) is 10.1 Å². The van der Waals surface area contributed by atoms with Gasteiger partial charge in [-0.3, -0.25) is 9.69 Å². The maximum Gasteiger partial charge on any atom is 0.409 e. The van der Waals surface area contributed by atoms with E-state index in [4.69, 9.17) is 4.74 Å². The number of carbonyl (C=O) groups excluding carboxylic acids is 1. The van der Waals surface area contributed by atoms with E-state index in [0.717, 1.165) is 22.2 Å². The highest BCUT2D eigenvalue weighted by Gasteiger charge is 2.42. The van der Waals surface area contributed by atoms with Gasteiger partial charge in [0.2, 0.25) is 0 Å². The topological polar surface area (TPSA) is 131 Å². The monoisotopic (exact) mass is 371 g/mol. The van der Waals surface area contributed by atoms with Crippen LogP contribution in [0.5, 0.6) is 5.75 Å². The van der Waals surface area contributed by atoms with Crippen LogP contribution in [0.25, 0.3) is 0 Å². The molecule has 1 aliphatic heterocycles. The molecule has 0 bridgehead atoms. The molecule has 3 atom stereocenters. The first-order valence-electron chi connectivity index (χ1n) is 7.23. The minimum atomic E-state index is -1.31. The number of carboxylic acid groups (broad SMARTS) is 1. The van der Waals surface area contributed by atoms with Crippen LogP contribution in [0.3, 0.4) is 0 Å². The fraction of sp³-hybridized carbons (Fsp3) is 0.429. The molecule has 3 unspecified atom stereocenters. The van der Waals surface area contributed by atoms with Crippen LogP contribution in [-0.2, 0) is 4.84 Å². The molecule has 10 nitrogen and oxygen atoms in total. The Bertz CT molecular complexity index is 654. The number of rotatable bonds is 7. The number of nitrogens with one attached hydrogen (secondary N) is 1. The number of carbonyl (C=O) groups is 2. The number of thioether (sulfide) groups is 1. The molecule has 1 heterocycles. The number of nitrogens with zero attached hydrogens (tertiary/aromatic N) is 2. The third-order valence-electron chi connectivity index (χ3n) is 3.65. The summed E-state index contributed by atoms with van der Waals surface area (Å²) in [5.74, 6) is 0.630. The highest BCUT2D eigenvalue weighted by Crippen LogP contribution is 2.40. The summed E-state index contributed by atoms with van der Waals surface area (Å²) < 4.78 is 5.08. The smallest absolute Gasteiger partial charge is 0.409 e. The van der Waals surface area contributed by atoms with E-state index in [1.807, 2.05) is 0 Å². The molecule has 25 heavy (non-hydrogen) atoms. The zero-order valence-corrected chi connectivity index (χ0v) is 14.3. The molecule has 11 heteroatoms. The predicted octanol–water partition coefficient (Wildman–Crippen LogP) is 2.10. The van der Waals surface area contributed by atoms with Crippen molar-refractivity contribution >= 4 is 23.1 Å². The highest BCUT2D eigenvalue weighted by atomic mass is 32.2. The van der Waals surface area contributed by atoms with Gasteiger partial charge in [-0.2, -0.15) is 0 Å². The fourth-order valence-corrected chi connectivity index (χ4v) is 3.54. The second-order valence-electron chi connectivity index (χ2n) is 5.25. The first kappa shape index (κ1) is 18.6. The number of hydrogen-bond donors (Lipinski definition) is 2. The first-order valence-corrected chi connectivity index (χ1v) is 8.11. The van der Waals surface area contributed by atoms with Gasteiger partial charge >= 0.3 is 6.09 Å². The van der Waals surface area contributed by atoms with E-state index in [9.17, 15) is 24.8 Å². The zero-order valence-electron chi connectivity index (χ0n) is 13.4. The maximum absolute atomic E-state index is 11.8. The van der Waals surface area contributed by atoms with Gasteiger partial charge in [-0.25, -0.2) is 4.79 Å². The van der Waals surface area contributed by atoms with Crippen LogP contribution in [0.2, 0.25) is 0 Å². The third-order valence-corrected chi connectivity index (χ3v) is 4.76. The van der Waals surface area contributed by atoms with E-state index in [-0.39, 0.29) is 5.24 Å². The van der Waals surface area contributed by atoms with Crippen molar-refractivity contribution in [3.8, 4) is 5.75 Å². The normalized spacial score (nSPS) is 20.5. The van der Waals surface area contributed by atoms with Crippen LogP contribution in [0.4, 0.5) is 9.59 Å². The molecule has 1 aromatic rings. The molecule has 2 amide bonds. The Balaban J connectivity index is 2.25. The second kappa shape index (κ2) is 7.92. The molecule has 0 saturated carbocycles. The Morgan fingerprint density at radius 1 is 1.48 bits per heavy atom. The van der Waals surface area contributed by atoms with Gasteiger partial charge < -0.3 is 20.0 Å². The van der Waals surface area contributed by atoms with Gasteiger partial charge in [0, 0.05) is 0 Å². The number of amides is 2. The summed E-state index contributed by atoms with van der Waals surface area (Å²) >= 11 is 0.957. The van der Waals surface area contributed by atoms with E-state index in [2.05, 4.69) is 10.2 Å². The van der Waals surface area contributed by atoms with Gasteiger partial charge in [-0.05, 0) is 24.6 Å². The summed E-state index contributed by atoms with van der Waals surface area (Å²) in [6.07, 6.45) is -2.19. The fourth-order valence-electron chi connectivity index (χ4n) is 2.50. The van der Waals surface area contributed by atoms with Crippen molar-refractivity contribution in [1.82, 2.24) is 10.2 Å². The van der Waals surface area contributed by atoms with Crippen LogP contribution in [0.1, 0.15) is 17.7 Å². The van der Waals surface area contributed by atoms with Crippen molar-refractivity contribution in [1.29, 1.82) is 0 Å². The Morgan fingerprint density at radius 3 is 2.64 bits per heavy atom. The summed E-state index contributed by atoms with van der Waals surface area (Å²) in [5.41, 5.74) is 0.725. The molecule has 0 radical (unpaired) electrons. The molecule has 0 aromatic heterocycles. The Morgan fingerprint density at radius 2 is 2.12 bits per heavy atom. The lowest BCUT2D eigenvalue weighted by atomic mass is 10.1. The summed E-state index contributed by atoms with van der Waals surface area (Å²) in [6, 6.07) is 6.05. The van der Waals surface area contributed by atoms with Crippen LogP contribution in [0.15, 0.2) is 24.3 Å². The molecular formula is C14H17N3O7S. The predicted molar refractivity (Wildman–Crippen MR) is 87.9 cm³/mol. The molecule has 0 spiro atoms. The van der Waals surface area contributed by atoms with Crippen LogP contribution >= 0.6 is 11.8 Å². The summed E-state index contributed by atoms with van der Waals surface area (Å²) in [5, 5.41) is 20.6. The van der Waals surface area contributed by atoms with Crippen LogP contribution < -0.4 is 10.1 Å². The number of methoxy groups -OCH3 is 1. The van der Waals surface area contributed by atoms with Crippen molar-refractivity contribution in [2.45, 2.75) is 24.4 Å². The number of benzene rings is 1. The summed E-state index contributed by atoms with van der Waals surface area (Å²) in [7, 11) is 1.52. The first-order chi connectivity index (χ1) is 11.8. The highest BCUT2D eigenvalue weighted by molar-refractivity contribution is 8.14. The molecule has 0 aliphatic carbocycles. The Labute approximate surface area is 147 Å². The zero-order chi connectivity index (χ0) is 18.6.